The lowest BCUT2D eigenvalue weighted by Gasteiger charge is -2.23. The molecule has 21 heavy (non-hydrogen) atoms. The summed E-state index contributed by atoms with van der Waals surface area (Å²) in [5.41, 5.74) is 6.60. The number of aromatic nitrogens is 2. The van der Waals surface area contributed by atoms with E-state index in [0.717, 1.165) is 25.9 Å². The molecule has 2 heterocycles. The number of anilines is 2. The summed E-state index contributed by atoms with van der Waals surface area (Å²) in [5, 5.41) is 0. The highest BCUT2D eigenvalue weighted by atomic mass is 16.5. The second kappa shape index (κ2) is 7.10. The van der Waals surface area contributed by atoms with Gasteiger partial charge in [-0.25, -0.2) is 4.98 Å². The molecule has 7 nitrogen and oxygen atoms in total. The summed E-state index contributed by atoms with van der Waals surface area (Å²) < 4.78 is 5.54. The predicted octanol–water partition coefficient (Wildman–Crippen LogP) is 0.906. The number of nitrogens with two attached hydrogens (primary N) is 1. The zero-order chi connectivity index (χ0) is 15.2. The van der Waals surface area contributed by atoms with Crippen LogP contribution < -0.4 is 15.4 Å². The molecule has 2 rings (SSSR count). The Morgan fingerprint density at radius 2 is 2.14 bits per heavy atom. The number of carbonyl (C=O) groups is 1. The van der Waals surface area contributed by atoms with Gasteiger partial charge in [-0.2, -0.15) is 4.98 Å². The highest BCUT2D eigenvalue weighted by Gasteiger charge is 2.20. The molecule has 0 saturated carbocycles. The van der Waals surface area contributed by atoms with Crippen molar-refractivity contribution in [1.29, 1.82) is 0 Å². The van der Waals surface area contributed by atoms with Crippen molar-refractivity contribution in [3.63, 3.8) is 0 Å². The fourth-order valence-electron chi connectivity index (χ4n) is 2.38. The molecule has 0 aromatic carbocycles. The summed E-state index contributed by atoms with van der Waals surface area (Å²) in [6.45, 7) is 7.21. The fraction of sp³-hybridized carbons (Fsp3) is 0.643. The highest BCUT2D eigenvalue weighted by molar-refractivity contribution is 5.73. The van der Waals surface area contributed by atoms with Gasteiger partial charge in [-0.1, -0.05) is 6.92 Å². The molecule has 1 aromatic rings. The van der Waals surface area contributed by atoms with Crippen LogP contribution in [0.25, 0.3) is 0 Å². The van der Waals surface area contributed by atoms with Gasteiger partial charge in [0.05, 0.1) is 6.61 Å². The smallest absolute Gasteiger partial charge is 0.242 e. The average molecular weight is 293 g/mol. The summed E-state index contributed by atoms with van der Waals surface area (Å²) in [6.07, 6.45) is 3.27. The molecular weight excluding hydrogens is 270 g/mol. The van der Waals surface area contributed by atoms with Crippen LogP contribution >= 0.6 is 0 Å². The predicted molar refractivity (Wildman–Crippen MR) is 81.3 cm³/mol. The third-order valence-electron chi connectivity index (χ3n) is 3.51. The van der Waals surface area contributed by atoms with E-state index in [1.54, 1.807) is 6.92 Å². The van der Waals surface area contributed by atoms with E-state index >= 15 is 0 Å². The minimum Gasteiger partial charge on any atom is -0.476 e. The first kappa shape index (κ1) is 15.3. The molecule has 0 unspecified atom stereocenters. The molecule has 1 saturated heterocycles. The molecule has 1 aromatic heterocycles. The molecule has 7 heteroatoms. The quantitative estimate of drug-likeness (QED) is 0.888. The Morgan fingerprint density at radius 1 is 1.33 bits per heavy atom. The van der Waals surface area contributed by atoms with Crippen molar-refractivity contribution in [2.24, 2.45) is 0 Å². The number of rotatable bonds is 4. The largest absolute Gasteiger partial charge is 0.476 e. The third-order valence-corrected chi connectivity index (χ3v) is 3.51. The van der Waals surface area contributed by atoms with Crippen molar-refractivity contribution in [3.05, 3.63) is 6.33 Å². The first-order valence-corrected chi connectivity index (χ1v) is 7.37. The first-order valence-electron chi connectivity index (χ1n) is 7.37. The van der Waals surface area contributed by atoms with Gasteiger partial charge in [0, 0.05) is 33.1 Å². The second-order valence-electron chi connectivity index (χ2n) is 5.11. The molecule has 1 amide bonds. The molecule has 1 aliphatic rings. The number of nitrogen functional groups attached to an aromatic ring is 1. The second-order valence-corrected chi connectivity index (χ2v) is 5.11. The molecule has 0 bridgehead atoms. The van der Waals surface area contributed by atoms with E-state index in [0.29, 0.717) is 37.1 Å². The summed E-state index contributed by atoms with van der Waals surface area (Å²) in [4.78, 5) is 23.8. The SMILES string of the molecule is CCCOc1ncnc(N2CCCN(C(C)=O)CC2)c1N. The standard InChI is InChI=1S/C14H23N5O2/c1-3-9-21-14-12(15)13(16-10-17-14)19-6-4-5-18(7-8-19)11(2)20/h10H,3-9,15H2,1-2H3. The van der Waals surface area contributed by atoms with Crippen LogP contribution in [0.5, 0.6) is 5.88 Å². The maximum atomic E-state index is 11.5. The van der Waals surface area contributed by atoms with Gasteiger partial charge in [0.15, 0.2) is 5.82 Å². The fourth-order valence-corrected chi connectivity index (χ4v) is 2.38. The van der Waals surface area contributed by atoms with E-state index < -0.39 is 0 Å². The van der Waals surface area contributed by atoms with E-state index in [1.165, 1.54) is 6.33 Å². The maximum Gasteiger partial charge on any atom is 0.242 e. The highest BCUT2D eigenvalue weighted by Crippen LogP contribution is 2.28. The van der Waals surface area contributed by atoms with Crippen molar-refractivity contribution < 1.29 is 9.53 Å². The molecule has 2 N–H and O–H groups in total. The molecule has 1 fully saturated rings. The molecule has 116 valence electrons. The maximum absolute atomic E-state index is 11.5. The Bertz CT molecular complexity index is 494. The van der Waals surface area contributed by atoms with Gasteiger partial charge in [0.1, 0.15) is 12.0 Å². The third kappa shape index (κ3) is 3.74. The number of hydrogen-bond donors (Lipinski definition) is 1. The summed E-state index contributed by atoms with van der Waals surface area (Å²) in [6, 6.07) is 0. The van der Waals surface area contributed by atoms with Gasteiger partial charge in [-0.05, 0) is 12.8 Å². The number of amides is 1. The van der Waals surface area contributed by atoms with Gasteiger partial charge >= 0.3 is 0 Å². The van der Waals surface area contributed by atoms with Crippen LogP contribution in [0, 0.1) is 0 Å². The number of ether oxygens (including phenoxy) is 1. The van der Waals surface area contributed by atoms with Crippen molar-refractivity contribution in [1.82, 2.24) is 14.9 Å². The van der Waals surface area contributed by atoms with Gasteiger partial charge in [-0.15, -0.1) is 0 Å². The molecule has 0 spiro atoms. The topological polar surface area (TPSA) is 84.6 Å². The molecule has 0 radical (unpaired) electrons. The van der Waals surface area contributed by atoms with E-state index in [1.807, 2.05) is 11.8 Å². The minimum atomic E-state index is 0.111. The van der Waals surface area contributed by atoms with Crippen LogP contribution in [-0.4, -0.2) is 53.6 Å². The van der Waals surface area contributed by atoms with Crippen molar-refractivity contribution >= 4 is 17.4 Å². The Balaban J connectivity index is 2.12. The zero-order valence-corrected chi connectivity index (χ0v) is 12.7. The van der Waals surface area contributed by atoms with Crippen LogP contribution in [0.3, 0.4) is 0 Å². The zero-order valence-electron chi connectivity index (χ0n) is 12.7. The monoisotopic (exact) mass is 293 g/mol. The summed E-state index contributed by atoms with van der Waals surface area (Å²) >= 11 is 0. The Kier molecular flexibility index (Phi) is 5.19. The Morgan fingerprint density at radius 3 is 2.86 bits per heavy atom. The van der Waals surface area contributed by atoms with Crippen LogP contribution in [0.15, 0.2) is 6.33 Å². The molecular formula is C14H23N5O2. The Labute approximate surface area is 125 Å². The van der Waals surface area contributed by atoms with Crippen molar-refractivity contribution in [2.45, 2.75) is 26.7 Å². The molecule has 1 aliphatic heterocycles. The number of carbonyl (C=O) groups excluding carboxylic acids is 1. The van der Waals surface area contributed by atoms with Gasteiger partial charge in [0.25, 0.3) is 0 Å². The van der Waals surface area contributed by atoms with Crippen LogP contribution in [0.1, 0.15) is 26.7 Å². The lowest BCUT2D eigenvalue weighted by Crippen LogP contribution is -2.34. The summed E-state index contributed by atoms with van der Waals surface area (Å²) in [5.74, 6) is 1.25. The van der Waals surface area contributed by atoms with E-state index in [2.05, 4.69) is 14.9 Å². The first-order chi connectivity index (χ1) is 10.1. The van der Waals surface area contributed by atoms with Crippen LogP contribution in [0.2, 0.25) is 0 Å². The summed E-state index contributed by atoms with van der Waals surface area (Å²) in [7, 11) is 0. The number of hydrogen-bond acceptors (Lipinski definition) is 6. The Hall–Kier alpha value is -2.05. The lowest BCUT2D eigenvalue weighted by atomic mass is 10.3. The van der Waals surface area contributed by atoms with E-state index in [-0.39, 0.29) is 5.91 Å². The van der Waals surface area contributed by atoms with Crippen LogP contribution in [-0.2, 0) is 4.79 Å². The van der Waals surface area contributed by atoms with Crippen molar-refractivity contribution in [2.75, 3.05) is 43.4 Å². The van der Waals surface area contributed by atoms with Gasteiger partial charge in [-0.3, -0.25) is 4.79 Å². The number of nitrogens with zero attached hydrogens (tertiary/aromatic N) is 4. The minimum absolute atomic E-state index is 0.111. The van der Waals surface area contributed by atoms with E-state index in [4.69, 9.17) is 10.5 Å². The molecule has 0 aliphatic carbocycles. The van der Waals surface area contributed by atoms with E-state index in [9.17, 15) is 4.79 Å². The van der Waals surface area contributed by atoms with Crippen LogP contribution in [0.4, 0.5) is 11.5 Å². The average Bonchev–Trinajstić information content (AvgIpc) is 2.72. The van der Waals surface area contributed by atoms with Gasteiger partial charge in [0.2, 0.25) is 11.8 Å². The lowest BCUT2D eigenvalue weighted by molar-refractivity contribution is -0.128. The van der Waals surface area contributed by atoms with Gasteiger partial charge < -0.3 is 20.3 Å². The van der Waals surface area contributed by atoms with Crippen molar-refractivity contribution in [3.8, 4) is 5.88 Å². The molecule has 0 atom stereocenters. The normalized spacial score (nSPS) is 15.7.